The summed E-state index contributed by atoms with van der Waals surface area (Å²) in [5.41, 5.74) is 9.08. The first-order valence-corrected chi connectivity index (χ1v) is 11.5. The minimum atomic E-state index is -0.320. The van der Waals surface area contributed by atoms with Gasteiger partial charge in [-0.05, 0) is 41.3 Å². The molecule has 1 aromatic carbocycles. The number of nitrogens with one attached hydrogen (secondary N) is 3. The Bertz CT molecular complexity index is 1600. The van der Waals surface area contributed by atoms with Gasteiger partial charge in [-0.2, -0.15) is 5.10 Å². The van der Waals surface area contributed by atoms with Crippen LogP contribution in [0.25, 0.3) is 27.7 Å². The number of pyridine rings is 2. The van der Waals surface area contributed by atoms with Crippen molar-refractivity contribution in [3.63, 3.8) is 0 Å². The number of fused-ring (bicyclic) bond motifs is 2. The van der Waals surface area contributed by atoms with Crippen molar-refractivity contribution in [2.75, 3.05) is 5.32 Å². The van der Waals surface area contributed by atoms with Crippen LogP contribution in [0.2, 0.25) is 0 Å². The summed E-state index contributed by atoms with van der Waals surface area (Å²) < 4.78 is 13.9. The number of nitrogens with zero attached hydrogens (tertiary/aromatic N) is 5. The highest BCUT2D eigenvalue weighted by Gasteiger charge is 2.34. The zero-order valence-corrected chi connectivity index (χ0v) is 19.3. The highest BCUT2D eigenvalue weighted by Crippen LogP contribution is 2.33. The first kappa shape index (κ1) is 21.8. The van der Waals surface area contributed by atoms with E-state index in [0.717, 1.165) is 33.8 Å². The topological polar surface area (TPSA) is 120 Å². The Morgan fingerprint density at radius 1 is 1.14 bits per heavy atom. The third-order valence-corrected chi connectivity index (χ3v) is 6.22. The van der Waals surface area contributed by atoms with Gasteiger partial charge in [0.25, 0.3) is 0 Å². The second-order valence-electron chi connectivity index (χ2n) is 8.58. The normalized spacial score (nSPS) is 16.6. The number of anilines is 1. The molecule has 178 valence electrons. The third kappa shape index (κ3) is 3.92. The summed E-state index contributed by atoms with van der Waals surface area (Å²) in [6, 6.07) is 8.26. The van der Waals surface area contributed by atoms with E-state index in [2.05, 4.69) is 35.8 Å². The van der Waals surface area contributed by atoms with Gasteiger partial charge < -0.3 is 10.3 Å². The van der Waals surface area contributed by atoms with Crippen molar-refractivity contribution in [2.24, 2.45) is 16.0 Å². The second-order valence-corrected chi connectivity index (χ2v) is 8.58. The Kier molecular flexibility index (Phi) is 5.33. The zero-order chi connectivity index (χ0) is 24.6. The SMILES string of the molecule is CCC(=O)Nc1cncc(C2=CN=C3NN=C(c4nc5c(-c6cccc(F)c6)cncc5[nH]4)C3C2)c1. The largest absolute Gasteiger partial charge is 0.336 e. The van der Waals surface area contributed by atoms with Gasteiger partial charge in [0.05, 0.1) is 35.0 Å². The summed E-state index contributed by atoms with van der Waals surface area (Å²) in [5.74, 6) is 0.811. The average Bonchev–Trinajstić information content (AvgIpc) is 3.52. The van der Waals surface area contributed by atoms with Crippen molar-refractivity contribution in [2.45, 2.75) is 19.8 Å². The fourth-order valence-electron chi connectivity index (χ4n) is 4.40. The quantitative estimate of drug-likeness (QED) is 0.394. The number of aliphatic imine (C=N–C) groups is 1. The van der Waals surface area contributed by atoms with Crippen LogP contribution in [0, 0.1) is 11.7 Å². The Morgan fingerprint density at radius 2 is 2.03 bits per heavy atom. The Labute approximate surface area is 205 Å². The molecule has 0 fully saturated rings. The van der Waals surface area contributed by atoms with E-state index >= 15 is 0 Å². The summed E-state index contributed by atoms with van der Waals surface area (Å²) in [4.78, 5) is 33.1. The molecule has 0 bridgehead atoms. The van der Waals surface area contributed by atoms with Crippen molar-refractivity contribution in [3.05, 3.63) is 78.5 Å². The number of benzene rings is 1. The van der Waals surface area contributed by atoms with Crippen LogP contribution in [-0.2, 0) is 4.79 Å². The van der Waals surface area contributed by atoms with Gasteiger partial charge in [0.15, 0.2) is 5.82 Å². The van der Waals surface area contributed by atoms with Crippen molar-refractivity contribution in [3.8, 4) is 11.1 Å². The highest BCUT2D eigenvalue weighted by molar-refractivity contribution is 6.18. The number of amides is 1. The number of allylic oxidation sites excluding steroid dienone is 1. The fraction of sp³-hybridized carbons (Fsp3) is 0.154. The van der Waals surface area contributed by atoms with Crippen molar-refractivity contribution in [1.29, 1.82) is 0 Å². The Morgan fingerprint density at radius 3 is 2.89 bits per heavy atom. The number of rotatable bonds is 5. The van der Waals surface area contributed by atoms with Gasteiger partial charge in [-0.1, -0.05) is 19.1 Å². The van der Waals surface area contributed by atoms with Crippen molar-refractivity contribution in [1.82, 2.24) is 25.4 Å². The van der Waals surface area contributed by atoms with E-state index in [-0.39, 0.29) is 17.6 Å². The van der Waals surface area contributed by atoms with Crippen LogP contribution in [0.5, 0.6) is 0 Å². The number of carbonyl (C=O) groups is 1. The number of hydrogen-bond donors (Lipinski definition) is 3. The number of imidazole rings is 1. The van der Waals surface area contributed by atoms with E-state index in [4.69, 9.17) is 4.98 Å². The molecule has 1 amide bonds. The van der Waals surface area contributed by atoms with E-state index in [9.17, 15) is 9.18 Å². The van der Waals surface area contributed by atoms with Crippen LogP contribution in [0.4, 0.5) is 10.1 Å². The number of aromatic amines is 1. The van der Waals surface area contributed by atoms with E-state index < -0.39 is 0 Å². The van der Waals surface area contributed by atoms with Crippen molar-refractivity contribution < 1.29 is 9.18 Å². The zero-order valence-electron chi connectivity index (χ0n) is 19.3. The molecule has 0 aliphatic carbocycles. The Balaban J connectivity index is 1.30. The monoisotopic (exact) mass is 480 g/mol. The number of hydrazone groups is 1. The van der Waals surface area contributed by atoms with Gasteiger partial charge in [-0.3, -0.25) is 20.2 Å². The van der Waals surface area contributed by atoms with E-state index in [0.29, 0.717) is 35.4 Å². The molecule has 3 aromatic heterocycles. The minimum Gasteiger partial charge on any atom is -0.336 e. The van der Waals surface area contributed by atoms with Gasteiger partial charge in [0.1, 0.15) is 17.4 Å². The summed E-state index contributed by atoms with van der Waals surface area (Å²) >= 11 is 0. The lowest BCUT2D eigenvalue weighted by atomic mass is 9.89. The molecule has 9 nitrogen and oxygen atoms in total. The molecule has 5 heterocycles. The second kappa shape index (κ2) is 8.81. The number of aromatic nitrogens is 4. The van der Waals surface area contributed by atoms with Crippen LogP contribution in [0.15, 0.2) is 71.4 Å². The number of hydrogen-bond acceptors (Lipinski definition) is 7. The van der Waals surface area contributed by atoms with E-state index in [1.54, 1.807) is 44.0 Å². The standard InChI is InChI=1S/C26H21FN8O/c1-2-22(36)31-18-7-15(9-28-11-18)16-8-19-24(34-35-25(19)30-10-16)26-32-21-13-29-12-20(23(21)33-26)14-4-3-5-17(27)6-14/h3-7,9-13,19H,2,8H2,1H3,(H,30,35)(H,31,36)(H,32,33). The summed E-state index contributed by atoms with van der Waals surface area (Å²) in [5, 5.41) is 7.36. The number of halogens is 1. The lowest BCUT2D eigenvalue weighted by Gasteiger charge is -2.18. The maximum absolute atomic E-state index is 13.9. The first-order valence-electron chi connectivity index (χ1n) is 11.5. The molecule has 4 aromatic rings. The van der Waals surface area contributed by atoms with Gasteiger partial charge in [-0.25, -0.2) is 14.4 Å². The molecule has 3 N–H and O–H groups in total. The lowest BCUT2D eigenvalue weighted by molar-refractivity contribution is -0.115. The molecule has 10 heteroatoms. The number of H-pyrrole nitrogens is 1. The van der Waals surface area contributed by atoms with Crippen molar-refractivity contribution >= 4 is 39.7 Å². The predicted molar refractivity (Wildman–Crippen MR) is 136 cm³/mol. The minimum absolute atomic E-state index is 0.0710. The smallest absolute Gasteiger partial charge is 0.224 e. The highest BCUT2D eigenvalue weighted by atomic mass is 19.1. The Hall–Kier alpha value is -4.73. The maximum atomic E-state index is 13.9. The third-order valence-electron chi connectivity index (χ3n) is 6.22. The molecule has 2 aliphatic rings. The van der Waals surface area contributed by atoms with Gasteiger partial charge in [0.2, 0.25) is 5.91 Å². The summed E-state index contributed by atoms with van der Waals surface area (Å²) in [6.07, 6.45) is 9.57. The van der Waals surface area contributed by atoms with E-state index in [1.165, 1.54) is 12.1 Å². The van der Waals surface area contributed by atoms with Crippen LogP contribution >= 0.6 is 0 Å². The molecule has 0 radical (unpaired) electrons. The van der Waals surface area contributed by atoms with Gasteiger partial charge >= 0.3 is 0 Å². The molecular formula is C26H21FN8O. The molecule has 0 saturated heterocycles. The first-order chi connectivity index (χ1) is 17.6. The van der Waals surface area contributed by atoms with Gasteiger partial charge in [0, 0.05) is 30.6 Å². The van der Waals surface area contributed by atoms with E-state index in [1.807, 2.05) is 12.1 Å². The number of amidine groups is 1. The summed E-state index contributed by atoms with van der Waals surface area (Å²) in [6.45, 7) is 1.80. The average molecular weight is 481 g/mol. The van der Waals surface area contributed by atoms with Gasteiger partial charge in [-0.15, -0.1) is 0 Å². The molecule has 0 saturated carbocycles. The van der Waals surface area contributed by atoms with Crippen LogP contribution in [0.3, 0.4) is 0 Å². The molecule has 1 atom stereocenters. The molecule has 36 heavy (non-hydrogen) atoms. The molecule has 6 rings (SSSR count). The van der Waals surface area contributed by atoms with Crippen LogP contribution in [0.1, 0.15) is 31.2 Å². The molecular weight excluding hydrogens is 459 g/mol. The maximum Gasteiger partial charge on any atom is 0.224 e. The van der Waals surface area contributed by atoms with Crippen LogP contribution < -0.4 is 10.7 Å². The predicted octanol–water partition coefficient (Wildman–Crippen LogP) is 4.27. The number of carbonyl (C=O) groups excluding carboxylic acids is 1. The summed E-state index contributed by atoms with van der Waals surface area (Å²) in [7, 11) is 0. The fourth-order valence-corrected chi connectivity index (χ4v) is 4.40. The lowest BCUT2D eigenvalue weighted by Crippen LogP contribution is -2.26. The van der Waals surface area contributed by atoms with Crippen LogP contribution in [-0.4, -0.2) is 37.4 Å². The molecule has 0 spiro atoms. The molecule has 1 unspecified atom stereocenters. The molecule has 2 aliphatic heterocycles.